The summed E-state index contributed by atoms with van der Waals surface area (Å²) in [4.78, 5) is 16.3. The molecule has 27 heavy (non-hydrogen) atoms. The molecule has 1 aromatic heterocycles. The lowest BCUT2D eigenvalue weighted by Crippen LogP contribution is -2.14. The number of amides is 1. The fourth-order valence-corrected chi connectivity index (χ4v) is 2.59. The highest BCUT2D eigenvalue weighted by Crippen LogP contribution is 2.34. The topological polar surface area (TPSA) is 55.1 Å². The fourth-order valence-electron chi connectivity index (χ4n) is 2.12. The van der Waals surface area contributed by atoms with Crippen LogP contribution in [0.1, 0.15) is 16.1 Å². The maximum Gasteiger partial charge on any atom is 0.416 e. The van der Waals surface area contributed by atoms with Crippen molar-refractivity contribution in [2.45, 2.75) is 6.18 Å². The van der Waals surface area contributed by atoms with Crippen molar-refractivity contribution < 1.29 is 22.4 Å². The van der Waals surface area contributed by atoms with Gasteiger partial charge in [0.05, 0.1) is 26.3 Å². The normalized spacial score (nSPS) is 11.5. The third-order valence-corrected chi connectivity index (χ3v) is 4.51. The Labute approximate surface area is 165 Å². The molecule has 0 aliphatic rings. The van der Waals surface area contributed by atoms with Crippen LogP contribution in [-0.2, 0) is 6.18 Å². The molecule has 0 aliphatic carbocycles. The van der Waals surface area contributed by atoms with Crippen LogP contribution in [0, 0.1) is 0 Å². The molecule has 1 amide bonds. The van der Waals surface area contributed by atoms with Crippen molar-refractivity contribution in [2.75, 3.05) is 5.32 Å². The molecular formula is C17H8Cl3F3N2O2. The van der Waals surface area contributed by atoms with Gasteiger partial charge < -0.3 is 9.73 Å². The zero-order valence-corrected chi connectivity index (χ0v) is 15.3. The molecule has 0 fully saturated rings. The first kappa shape index (κ1) is 19.5. The van der Waals surface area contributed by atoms with Crippen molar-refractivity contribution in [1.29, 1.82) is 0 Å². The molecule has 0 atom stereocenters. The number of nitrogens with zero attached hydrogens (tertiary/aromatic N) is 1. The second-order valence-corrected chi connectivity index (χ2v) is 6.53. The minimum Gasteiger partial charge on any atom is -0.444 e. The highest BCUT2D eigenvalue weighted by Gasteiger charge is 2.31. The number of carbonyl (C=O) groups is 1. The molecule has 3 rings (SSSR count). The number of hydrogen-bond acceptors (Lipinski definition) is 3. The van der Waals surface area contributed by atoms with E-state index in [1.165, 1.54) is 12.1 Å². The number of anilines is 1. The summed E-state index contributed by atoms with van der Waals surface area (Å²) in [5.41, 5.74) is -0.820. The molecule has 4 nitrogen and oxygen atoms in total. The zero-order chi connectivity index (χ0) is 19.8. The van der Waals surface area contributed by atoms with E-state index in [4.69, 9.17) is 39.2 Å². The van der Waals surface area contributed by atoms with Gasteiger partial charge in [-0.05, 0) is 36.4 Å². The molecular weight excluding hydrogens is 428 g/mol. The molecule has 0 aliphatic heterocycles. The fraction of sp³-hybridized carbons (Fsp3) is 0.0588. The molecule has 10 heteroatoms. The summed E-state index contributed by atoms with van der Waals surface area (Å²) in [6.07, 6.45) is -3.51. The van der Waals surface area contributed by atoms with E-state index in [0.29, 0.717) is 10.6 Å². The van der Waals surface area contributed by atoms with E-state index in [-0.39, 0.29) is 27.3 Å². The number of hydrogen-bond donors (Lipinski definition) is 1. The lowest BCUT2D eigenvalue weighted by molar-refractivity contribution is -0.137. The van der Waals surface area contributed by atoms with Gasteiger partial charge in [-0.1, -0.05) is 34.8 Å². The number of alkyl halides is 3. The quantitative estimate of drug-likeness (QED) is 0.506. The summed E-state index contributed by atoms with van der Waals surface area (Å²) >= 11 is 17.6. The Bertz CT molecular complexity index is 1020. The van der Waals surface area contributed by atoms with Crippen LogP contribution in [0.2, 0.25) is 15.1 Å². The molecule has 0 saturated heterocycles. The molecule has 3 aromatic rings. The van der Waals surface area contributed by atoms with E-state index in [9.17, 15) is 18.0 Å². The van der Waals surface area contributed by atoms with Crippen LogP contribution in [-0.4, -0.2) is 10.9 Å². The van der Waals surface area contributed by atoms with E-state index in [0.717, 1.165) is 24.5 Å². The summed E-state index contributed by atoms with van der Waals surface area (Å²) < 4.78 is 43.7. The van der Waals surface area contributed by atoms with Crippen LogP contribution < -0.4 is 5.32 Å². The van der Waals surface area contributed by atoms with E-state index in [1.807, 2.05) is 0 Å². The first-order valence-electron chi connectivity index (χ1n) is 7.24. The predicted octanol–water partition coefficient (Wildman–Crippen LogP) is 6.57. The lowest BCUT2D eigenvalue weighted by Gasteiger charge is -2.10. The summed E-state index contributed by atoms with van der Waals surface area (Å²) in [6, 6.07) is 7.22. The second-order valence-electron chi connectivity index (χ2n) is 5.31. The van der Waals surface area contributed by atoms with Crippen molar-refractivity contribution >= 4 is 46.4 Å². The maximum atomic E-state index is 12.8. The molecule has 0 spiro atoms. The largest absolute Gasteiger partial charge is 0.444 e. The zero-order valence-electron chi connectivity index (χ0n) is 13.1. The summed E-state index contributed by atoms with van der Waals surface area (Å²) in [6.45, 7) is 0. The summed E-state index contributed by atoms with van der Waals surface area (Å²) in [5.74, 6) is -0.694. The van der Waals surface area contributed by atoms with Gasteiger partial charge in [-0.15, -0.1) is 0 Å². The van der Waals surface area contributed by atoms with Crippen molar-refractivity contribution in [3.63, 3.8) is 0 Å². The summed E-state index contributed by atoms with van der Waals surface area (Å²) in [7, 11) is 0. The van der Waals surface area contributed by atoms with Gasteiger partial charge in [0.2, 0.25) is 5.89 Å². The predicted molar refractivity (Wildman–Crippen MR) is 96.4 cm³/mol. The van der Waals surface area contributed by atoms with E-state index >= 15 is 0 Å². The minimum atomic E-state index is -4.57. The smallest absolute Gasteiger partial charge is 0.416 e. The molecule has 2 aromatic carbocycles. The van der Waals surface area contributed by atoms with Crippen molar-refractivity contribution in [1.82, 2.24) is 4.98 Å². The number of halogens is 6. The number of oxazole rings is 1. The van der Waals surface area contributed by atoms with Crippen LogP contribution in [0.4, 0.5) is 18.9 Å². The Morgan fingerprint density at radius 1 is 1.00 bits per heavy atom. The highest BCUT2D eigenvalue weighted by atomic mass is 35.5. The molecule has 1 N–H and O–H groups in total. The number of carbonyl (C=O) groups excluding carboxylic acids is 1. The molecule has 1 heterocycles. The lowest BCUT2D eigenvalue weighted by atomic mass is 10.2. The number of nitrogens with one attached hydrogen (secondary N) is 1. The van der Waals surface area contributed by atoms with Crippen LogP contribution in [0.3, 0.4) is 0 Å². The number of benzene rings is 2. The van der Waals surface area contributed by atoms with Gasteiger partial charge >= 0.3 is 6.18 Å². The van der Waals surface area contributed by atoms with Crippen LogP contribution in [0.15, 0.2) is 47.1 Å². The molecule has 0 saturated carbocycles. The molecule has 0 radical (unpaired) electrons. The van der Waals surface area contributed by atoms with Gasteiger partial charge in [0.15, 0.2) is 5.69 Å². The third kappa shape index (κ3) is 4.37. The Kier molecular flexibility index (Phi) is 5.37. The molecule has 0 bridgehead atoms. The number of rotatable bonds is 3. The average molecular weight is 436 g/mol. The van der Waals surface area contributed by atoms with E-state index in [2.05, 4.69) is 10.3 Å². The van der Waals surface area contributed by atoms with Gasteiger partial charge in [0.1, 0.15) is 6.26 Å². The van der Waals surface area contributed by atoms with Crippen LogP contribution in [0.25, 0.3) is 11.5 Å². The van der Waals surface area contributed by atoms with E-state index < -0.39 is 17.6 Å². The van der Waals surface area contributed by atoms with Crippen molar-refractivity contribution in [3.8, 4) is 11.5 Å². The number of aromatic nitrogens is 1. The van der Waals surface area contributed by atoms with Gasteiger partial charge in [-0.2, -0.15) is 13.2 Å². The Hall–Kier alpha value is -2.22. The minimum absolute atomic E-state index is 0.0513. The highest BCUT2D eigenvalue weighted by molar-refractivity contribution is 6.42. The molecule has 140 valence electrons. The summed E-state index contributed by atoms with van der Waals surface area (Å²) in [5, 5.41) is 2.84. The van der Waals surface area contributed by atoms with Gasteiger partial charge in [-0.25, -0.2) is 4.98 Å². The standard InChI is InChI=1S/C17H8Cl3F3N2O2/c18-10-3-1-8(5-12(10)20)16-25-14(7-27-16)15(26)24-13-6-9(17(21,22)23)2-4-11(13)19/h1-7H,(H,24,26). The average Bonchev–Trinajstić information content (AvgIpc) is 3.08. The first-order valence-corrected chi connectivity index (χ1v) is 8.37. The Balaban J connectivity index is 1.84. The second kappa shape index (κ2) is 7.42. The van der Waals surface area contributed by atoms with Gasteiger partial charge in [0.25, 0.3) is 5.91 Å². The Morgan fingerprint density at radius 2 is 1.70 bits per heavy atom. The van der Waals surface area contributed by atoms with Gasteiger partial charge in [-0.3, -0.25) is 4.79 Å². The van der Waals surface area contributed by atoms with Crippen LogP contribution in [0.5, 0.6) is 0 Å². The Morgan fingerprint density at radius 3 is 2.37 bits per heavy atom. The van der Waals surface area contributed by atoms with Crippen molar-refractivity contribution in [3.05, 3.63) is 69.0 Å². The first-order chi connectivity index (χ1) is 12.6. The van der Waals surface area contributed by atoms with E-state index in [1.54, 1.807) is 6.07 Å². The van der Waals surface area contributed by atoms with Crippen molar-refractivity contribution in [2.24, 2.45) is 0 Å². The molecule has 0 unspecified atom stereocenters. The SMILES string of the molecule is O=C(Nc1cc(C(F)(F)F)ccc1Cl)c1coc(-c2ccc(Cl)c(Cl)c2)n1. The monoisotopic (exact) mass is 434 g/mol. The van der Waals surface area contributed by atoms with Gasteiger partial charge in [0, 0.05) is 5.56 Å². The van der Waals surface area contributed by atoms with Crippen LogP contribution >= 0.6 is 34.8 Å². The maximum absolute atomic E-state index is 12.8. The third-order valence-electron chi connectivity index (χ3n) is 3.45.